The molecule has 0 spiro atoms. The Labute approximate surface area is 150 Å². The van der Waals surface area contributed by atoms with Gasteiger partial charge in [0.2, 0.25) is 0 Å². The van der Waals surface area contributed by atoms with Gasteiger partial charge in [-0.05, 0) is 37.8 Å². The van der Waals surface area contributed by atoms with Crippen LogP contribution < -0.4 is 16.0 Å². The average molecular weight is 337 g/mol. The summed E-state index contributed by atoms with van der Waals surface area (Å²) in [5.41, 5.74) is 9.50. The fraction of sp³-hybridized carbons (Fsp3) is 0.400. The van der Waals surface area contributed by atoms with Crippen molar-refractivity contribution in [3.63, 3.8) is 0 Å². The van der Waals surface area contributed by atoms with E-state index in [0.29, 0.717) is 12.5 Å². The SMILES string of the molecule is Cc1ccc(CN=C(N)NCCc2ccccc2)c(N2CCCC2)n1. The van der Waals surface area contributed by atoms with Gasteiger partial charge in [-0.2, -0.15) is 0 Å². The molecule has 0 unspecified atom stereocenters. The Kier molecular flexibility index (Phi) is 5.88. The highest BCUT2D eigenvalue weighted by atomic mass is 15.2. The molecule has 3 rings (SSSR count). The number of guanidine groups is 1. The van der Waals surface area contributed by atoms with Crippen LogP contribution in [0.3, 0.4) is 0 Å². The summed E-state index contributed by atoms with van der Waals surface area (Å²) in [7, 11) is 0. The zero-order chi connectivity index (χ0) is 17.5. The lowest BCUT2D eigenvalue weighted by atomic mass is 10.1. The van der Waals surface area contributed by atoms with Crippen LogP contribution in [0.2, 0.25) is 0 Å². The second kappa shape index (κ2) is 8.51. The minimum atomic E-state index is 0.490. The van der Waals surface area contributed by atoms with Gasteiger partial charge >= 0.3 is 0 Å². The topological polar surface area (TPSA) is 66.5 Å². The molecule has 1 aliphatic rings. The molecule has 5 heteroatoms. The number of nitrogens with one attached hydrogen (secondary N) is 1. The Morgan fingerprint density at radius 2 is 1.92 bits per heavy atom. The first kappa shape index (κ1) is 17.3. The fourth-order valence-corrected chi connectivity index (χ4v) is 3.10. The predicted molar refractivity (Wildman–Crippen MR) is 104 cm³/mol. The fourth-order valence-electron chi connectivity index (χ4n) is 3.10. The Balaban J connectivity index is 1.57. The van der Waals surface area contributed by atoms with Crippen molar-refractivity contribution in [1.29, 1.82) is 0 Å². The zero-order valence-corrected chi connectivity index (χ0v) is 14.9. The quantitative estimate of drug-likeness (QED) is 0.628. The van der Waals surface area contributed by atoms with E-state index >= 15 is 0 Å². The Bertz CT molecular complexity index is 705. The zero-order valence-electron chi connectivity index (χ0n) is 14.9. The Morgan fingerprint density at radius 3 is 2.68 bits per heavy atom. The van der Waals surface area contributed by atoms with Crippen molar-refractivity contribution in [1.82, 2.24) is 10.3 Å². The van der Waals surface area contributed by atoms with Gasteiger partial charge in [-0.15, -0.1) is 0 Å². The lowest BCUT2D eigenvalue weighted by Gasteiger charge is -2.20. The van der Waals surface area contributed by atoms with Gasteiger partial charge in [-0.3, -0.25) is 0 Å². The molecule has 2 heterocycles. The standard InChI is InChI=1S/C20H27N5/c1-16-9-10-18(19(24-16)25-13-5-6-14-25)15-23-20(21)22-12-11-17-7-3-2-4-8-17/h2-4,7-10H,5-6,11-15H2,1H3,(H3,21,22,23). The van der Waals surface area contributed by atoms with Crippen molar-refractivity contribution in [2.45, 2.75) is 32.7 Å². The second-order valence-corrected chi connectivity index (χ2v) is 6.49. The molecule has 1 aliphatic heterocycles. The summed E-state index contributed by atoms with van der Waals surface area (Å²) in [5, 5.41) is 3.20. The maximum absolute atomic E-state index is 6.02. The summed E-state index contributed by atoms with van der Waals surface area (Å²) in [6.07, 6.45) is 3.41. The van der Waals surface area contributed by atoms with Crippen LogP contribution in [0.1, 0.15) is 29.7 Å². The van der Waals surface area contributed by atoms with Crippen LogP contribution in [0.5, 0.6) is 0 Å². The van der Waals surface area contributed by atoms with Gasteiger partial charge in [0, 0.05) is 30.9 Å². The largest absolute Gasteiger partial charge is 0.370 e. The van der Waals surface area contributed by atoms with Crippen LogP contribution in [0, 0.1) is 6.92 Å². The van der Waals surface area contributed by atoms with Crippen molar-refractivity contribution in [2.75, 3.05) is 24.5 Å². The lowest BCUT2D eigenvalue weighted by molar-refractivity contribution is 0.844. The third-order valence-corrected chi connectivity index (χ3v) is 4.48. The maximum atomic E-state index is 6.02. The first-order chi connectivity index (χ1) is 12.2. The van der Waals surface area contributed by atoms with E-state index < -0.39 is 0 Å². The predicted octanol–water partition coefficient (Wildman–Crippen LogP) is 2.64. The number of pyridine rings is 1. The monoisotopic (exact) mass is 337 g/mol. The van der Waals surface area contributed by atoms with Crippen molar-refractivity contribution in [3.05, 3.63) is 59.3 Å². The van der Waals surface area contributed by atoms with Gasteiger partial charge in [0.25, 0.3) is 0 Å². The molecule has 0 atom stereocenters. The van der Waals surface area contributed by atoms with Gasteiger partial charge in [0.05, 0.1) is 6.54 Å². The summed E-state index contributed by atoms with van der Waals surface area (Å²) in [4.78, 5) is 11.6. The highest BCUT2D eigenvalue weighted by molar-refractivity contribution is 5.77. The maximum Gasteiger partial charge on any atom is 0.188 e. The van der Waals surface area contributed by atoms with E-state index in [2.05, 4.69) is 45.5 Å². The van der Waals surface area contributed by atoms with E-state index in [1.165, 1.54) is 18.4 Å². The smallest absolute Gasteiger partial charge is 0.188 e. The molecule has 25 heavy (non-hydrogen) atoms. The summed E-state index contributed by atoms with van der Waals surface area (Å²) in [6.45, 7) is 5.54. The van der Waals surface area contributed by atoms with Crippen LogP contribution in [-0.4, -0.2) is 30.6 Å². The van der Waals surface area contributed by atoms with E-state index in [4.69, 9.17) is 10.7 Å². The second-order valence-electron chi connectivity index (χ2n) is 6.49. The molecule has 0 amide bonds. The van der Waals surface area contributed by atoms with Crippen molar-refractivity contribution in [3.8, 4) is 0 Å². The number of nitrogens with zero attached hydrogens (tertiary/aromatic N) is 3. The first-order valence-electron chi connectivity index (χ1n) is 9.01. The van der Waals surface area contributed by atoms with Crippen molar-refractivity contribution < 1.29 is 0 Å². The van der Waals surface area contributed by atoms with Crippen LogP contribution >= 0.6 is 0 Å². The first-order valence-corrected chi connectivity index (χ1v) is 9.01. The number of anilines is 1. The molecule has 2 aromatic rings. The van der Waals surface area contributed by atoms with Crippen LogP contribution in [0.15, 0.2) is 47.5 Å². The molecular formula is C20H27N5. The van der Waals surface area contributed by atoms with Crippen LogP contribution in [0.4, 0.5) is 5.82 Å². The highest BCUT2D eigenvalue weighted by Gasteiger charge is 2.17. The normalized spacial score (nSPS) is 14.8. The van der Waals surface area contributed by atoms with Gasteiger partial charge in [-0.1, -0.05) is 36.4 Å². The van der Waals surface area contributed by atoms with E-state index in [1.54, 1.807) is 0 Å². The minimum absolute atomic E-state index is 0.490. The highest BCUT2D eigenvalue weighted by Crippen LogP contribution is 2.23. The molecule has 1 fully saturated rings. The Morgan fingerprint density at radius 1 is 1.16 bits per heavy atom. The molecule has 1 aromatic carbocycles. The molecule has 3 N–H and O–H groups in total. The molecule has 1 aromatic heterocycles. The third-order valence-electron chi connectivity index (χ3n) is 4.48. The lowest BCUT2D eigenvalue weighted by Crippen LogP contribution is -2.33. The Hall–Kier alpha value is -2.56. The molecule has 132 valence electrons. The number of aromatic nitrogens is 1. The number of aliphatic imine (C=N–C) groups is 1. The van der Waals surface area contributed by atoms with E-state index in [-0.39, 0.29) is 0 Å². The number of rotatable bonds is 6. The average Bonchev–Trinajstić information content (AvgIpc) is 3.16. The van der Waals surface area contributed by atoms with E-state index in [0.717, 1.165) is 43.1 Å². The molecular weight excluding hydrogens is 310 g/mol. The molecule has 0 aliphatic carbocycles. The molecule has 0 radical (unpaired) electrons. The van der Waals surface area contributed by atoms with Crippen LogP contribution in [0.25, 0.3) is 0 Å². The summed E-state index contributed by atoms with van der Waals surface area (Å²) < 4.78 is 0. The van der Waals surface area contributed by atoms with Crippen molar-refractivity contribution >= 4 is 11.8 Å². The molecule has 1 saturated heterocycles. The molecule has 0 saturated carbocycles. The van der Waals surface area contributed by atoms with E-state index in [1.807, 2.05) is 19.1 Å². The van der Waals surface area contributed by atoms with Gasteiger partial charge in [0.15, 0.2) is 5.96 Å². The van der Waals surface area contributed by atoms with Gasteiger partial charge < -0.3 is 16.0 Å². The minimum Gasteiger partial charge on any atom is -0.370 e. The molecule has 0 bridgehead atoms. The van der Waals surface area contributed by atoms with Crippen LogP contribution in [-0.2, 0) is 13.0 Å². The van der Waals surface area contributed by atoms with Gasteiger partial charge in [-0.25, -0.2) is 9.98 Å². The third kappa shape index (κ3) is 4.95. The van der Waals surface area contributed by atoms with Gasteiger partial charge in [0.1, 0.15) is 5.82 Å². The number of hydrogen-bond donors (Lipinski definition) is 2. The van der Waals surface area contributed by atoms with E-state index in [9.17, 15) is 0 Å². The number of benzene rings is 1. The summed E-state index contributed by atoms with van der Waals surface area (Å²) in [6, 6.07) is 14.5. The summed E-state index contributed by atoms with van der Waals surface area (Å²) >= 11 is 0. The van der Waals surface area contributed by atoms with Crippen molar-refractivity contribution in [2.24, 2.45) is 10.7 Å². The number of hydrogen-bond acceptors (Lipinski definition) is 3. The molecule has 5 nitrogen and oxygen atoms in total. The number of nitrogens with two attached hydrogens (primary N) is 1. The summed E-state index contributed by atoms with van der Waals surface area (Å²) in [5.74, 6) is 1.56. The number of aryl methyl sites for hydroxylation is 1.